The van der Waals surface area contributed by atoms with E-state index >= 15 is 0 Å². The molecule has 0 unspecified atom stereocenters. The van der Waals surface area contributed by atoms with E-state index in [0.29, 0.717) is 19.3 Å². The minimum absolute atomic E-state index is 0.0111. The molecule has 1 heterocycles. The van der Waals surface area contributed by atoms with Crippen LogP contribution >= 0.6 is 0 Å². The van der Waals surface area contributed by atoms with Crippen molar-refractivity contribution in [2.24, 2.45) is 0 Å². The van der Waals surface area contributed by atoms with Gasteiger partial charge in [0.05, 0.1) is 0 Å². The molecule has 176 valence electrons. The summed E-state index contributed by atoms with van der Waals surface area (Å²) in [4.78, 5) is 27.6. The number of amides is 1. The van der Waals surface area contributed by atoms with Crippen LogP contribution in [0.1, 0.15) is 100 Å². The van der Waals surface area contributed by atoms with Gasteiger partial charge in [0.15, 0.2) is 8.32 Å². The van der Waals surface area contributed by atoms with Gasteiger partial charge in [-0.25, -0.2) is 4.79 Å². The van der Waals surface area contributed by atoms with Crippen LogP contribution < -0.4 is 0 Å². The summed E-state index contributed by atoms with van der Waals surface area (Å²) in [5.41, 5.74) is -0.555. The van der Waals surface area contributed by atoms with Crippen LogP contribution in [0.3, 0.4) is 0 Å². The first-order chi connectivity index (χ1) is 13.6. The smallest absolute Gasteiger partial charge is 0.410 e. The Bertz CT molecular complexity index is 577. The summed E-state index contributed by atoms with van der Waals surface area (Å²) in [5.74, 6) is 0.251. The minimum atomic E-state index is -1.92. The van der Waals surface area contributed by atoms with E-state index < -0.39 is 13.9 Å². The lowest BCUT2D eigenvalue weighted by atomic mass is 9.89. The molecule has 5 nitrogen and oxygen atoms in total. The highest BCUT2D eigenvalue weighted by Gasteiger charge is 2.42. The molecule has 1 aliphatic rings. The van der Waals surface area contributed by atoms with E-state index in [1.807, 2.05) is 25.7 Å². The maximum Gasteiger partial charge on any atom is 0.410 e. The lowest BCUT2D eigenvalue weighted by Crippen LogP contribution is -2.55. The first kappa shape index (κ1) is 27.2. The molecule has 0 aromatic carbocycles. The molecular formula is C24H47NO4Si. The SMILES string of the molecule is CCCCC[C@@H]1CC(=O)C[C@H](C[C@H](C)O[Si](C)(C)C(C)(C)C)N1C(=O)OC(C)(C)C. The maximum atomic E-state index is 13.2. The second kappa shape index (κ2) is 10.6. The Kier molecular flexibility index (Phi) is 9.61. The summed E-state index contributed by atoms with van der Waals surface area (Å²) < 4.78 is 12.3. The fraction of sp³-hybridized carbons (Fsp3) is 0.917. The van der Waals surface area contributed by atoms with Crippen LogP contribution in [-0.4, -0.2) is 48.9 Å². The first-order valence-electron chi connectivity index (χ1n) is 11.8. The van der Waals surface area contributed by atoms with Crippen molar-refractivity contribution < 1.29 is 18.8 Å². The Hall–Kier alpha value is -0.883. The standard InChI is InChI=1S/C24H47NO4Si/c1-11-12-13-14-19-16-21(26)17-20(25(19)22(27)28-23(3,4)5)15-18(2)29-30(9,10)24(6,7)8/h18-20H,11-17H2,1-10H3/t18-,19+,20-/m0/s1. The number of carbonyl (C=O) groups excluding carboxylic acids is 2. The van der Waals surface area contributed by atoms with Gasteiger partial charge in [-0.1, -0.05) is 47.0 Å². The van der Waals surface area contributed by atoms with Crippen LogP contribution in [0.5, 0.6) is 0 Å². The number of carbonyl (C=O) groups is 2. The fourth-order valence-electron chi connectivity index (χ4n) is 3.90. The summed E-state index contributed by atoms with van der Waals surface area (Å²) in [6, 6.07) is -0.231. The molecule has 6 heteroatoms. The molecule has 0 aromatic heterocycles. The molecule has 0 spiro atoms. The number of likely N-dealkylation sites (tertiary alicyclic amines) is 1. The van der Waals surface area contributed by atoms with Crippen LogP contribution in [0.15, 0.2) is 0 Å². The zero-order valence-corrected chi connectivity index (χ0v) is 22.3. The fourth-order valence-corrected chi connectivity index (χ4v) is 5.35. The van der Waals surface area contributed by atoms with Crippen molar-refractivity contribution in [1.82, 2.24) is 4.90 Å². The summed E-state index contributed by atoms with van der Waals surface area (Å²) in [6.45, 7) is 21.1. The summed E-state index contributed by atoms with van der Waals surface area (Å²) in [5, 5.41) is 0.122. The third-order valence-corrected chi connectivity index (χ3v) is 11.0. The van der Waals surface area contributed by atoms with Gasteiger partial charge in [0.1, 0.15) is 11.4 Å². The summed E-state index contributed by atoms with van der Waals surface area (Å²) in [6.07, 6.45) is 5.32. The second-order valence-corrected chi connectivity index (χ2v) is 16.3. The van der Waals surface area contributed by atoms with E-state index in [1.165, 1.54) is 0 Å². The Morgan fingerprint density at radius 3 is 2.17 bits per heavy atom. The third kappa shape index (κ3) is 8.33. The zero-order chi connectivity index (χ0) is 23.3. The van der Waals surface area contributed by atoms with Gasteiger partial charge < -0.3 is 14.1 Å². The van der Waals surface area contributed by atoms with Crippen molar-refractivity contribution in [3.63, 3.8) is 0 Å². The molecule has 1 fully saturated rings. The molecule has 1 rings (SSSR count). The van der Waals surface area contributed by atoms with Crippen LogP contribution in [0.2, 0.25) is 18.1 Å². The van der Waals surface area contributed by atoms with Gasteiger partial charge in [-0.15, -0.1) is 0 Å². The number of unbranched alkanes of at least 4 members (excludes halogenated alkanes) is 2. The van der Waals surface area contributed by atoms with Crippen LogP contribution in [0.25, 0.3) is 0 Å². The molecular weight excluding hydrogens is 394 g/mol. The second-order valence-electron chi connectivity index (χ2n) is 11.6. The van der Waals surface area contributed by atoms with Gasteiger partial charge in [0.25, 0.3) is 0 Å². The molecule has 1 aliphatic heterocycles. The molecule has 1 saturated heterocycles. The van der Waals surface area contributed by atoms with E-state index in [9.17, 15) is 9.59 Å². The van der Waals surface area contributed by atoms with E-state index in [2.05, 4.69) is 47.7 Å². The average Bonchev–Trinajstić information content (AvgIpc) is 2.51. The van der Waals surface area contributed by atoms with Crippen LogP contribution in [0.4, 0.5) is 4.79 Å². The van der Waals surface area contributed by atoms with Gasteiger partial charge in [-0.3, -0.25) is 4.79 Å². The Balaban J connectivity index is 3.04. The van der Waals surface area contributed by atoms with Crippen molar-refractivity contribution in [2.45, 2.75) is 142 Å². The van der Waals surface area contributed by atoms with E-state index in [1.54, 1.807) is 0 Å². The highest BCUT2D eigenvalue weighted by molar-refractivity contribution is 6.74. The number of ether oxygens (including phenoxy) is 1. The van der Waals surface area contributed by atoms with Crippen molar-refractivity contribution in [1.29, 1.82) is 0 Å². The van der Waals surface area contributed by atoms with E-state index in [4.69, 9.17) is 9.16 Å². The summed E-state index contributed by atoms with van der Waals surface area (Å²) >= 11 is 0. The number of hydrogen-bond acceptors (Lipinski definition) is 4. The predicted molar refractivity (Wildman–Crippen MR) is 126 cm³/mol. The molecule has 0 saturated carbocycles. The molecule has 1 amide bonds. The number of nitrogens with zero attached hydrogens (tertiary/aromatic N) is 1. The number of Topliss-reactive ketones (excluding diaryl/α,β-unsaturated/α-hetero) is 1. The summed E-state index contributed by atoms with van der Waals surface area (Å²) in [7, 11) is -1.92. The number of rotatable bonds is 8. The van der Waals surface area contributed by atoms with Crippen molar-refractivity contribution in [3.05, 3.63) is 0 Å². The van der Waals surface area contributed by atoms with Gasteiger partial charge in [-0.05, 0) is 58.7 Å². The molecule has 0 radical (unpaired) electrons. The highest BCUT2D eigenvalue weighted by Crippen LogP contribution is 2.38. The Morgan fingerprint density at radius 1 is 1.10 bits per heavy atom. The third-order valence-electron chi connectivity index (χ3n) is 6.36. The van der Waals surface area contributed by atoms with Gasteiger partial charge >= 0.3 is 6.09 Å². The molecule has 0 bridgehead atoms. The topological polar surface area (TPSA) is 55.8 Å². The quantitative estimate of drug-likeness (QED) is 0.310. The number of hydrogen-bond donors (Lipinski definition) is 0. The molecule has 3 atom stereocenters. The highest BCUT2D eigenvalue weighted by atomic mass is 28.4. The molecule has 0 N–H and O–H groups in total. The normalized spacial score (nSPS) is 22.2. The molecule has 0 aromatic rings. The van der Waals surface area contributed by atoms with Gasteiger partial charge in [0.2, 0.25) is 0 Å². The van der Waals surface area contributed by atoms with Crippen molar-refractivity contribution >= 4 is 20.2 Å². The van der Waals surface area contributed by atoms with Crippen molar-refractivity contribution in [2.75, 3.05) is 0 Å². The van der Waals surface area contributed by atoms with Gasteiger partial charge in [-0.2, -0.15) is 0 Å². The number of ketones is 1. The monoisotopic (exact) mass is 441 g/mol. The minimum Gasteiger partial charge on any atom is -0.444 e. The van der Waals surface area contributed by atoms with E-state index in [-0.39, 0.29) is 35.1 Å². The Labute approximate surface area is 186 Å². The largest absolute Gasteiger partial charge is 0.444 e. The van der Waals surface area contributed by atoms with E-state index in [0.717, 1.165) is 25.7 Å². The Morgan fingerprint density at radius 2 is 1.67 bits per heavy atom. The van der Waals surface area contributed by atoms with Crippen molar-refractivity contribution in [3.8, 4) is 0 Å². The predicted octanol–water partition coefficient (Wildman–Crippen LogP) is 6.70. The average molecular weight is 442 g/mol. The first-order valence-corrected chi connectivity index (χ1v) is 14.7. The maximum absolute atomic E-state index is 13.2. The zero-order valence-electron chi connectivity index (χ0n) is 21.3. The van der Waals surface area contributed by atoms with Crippen LogP contribution in [-0.2, 0) is 14.0 Å². The lowest BCUT2D eigenvalue weighted by Gasteiger charge is -2.44. The van der Waals surface area contributed by atoms with Gasteiger partial charge in [0, 0.05) is 31.0 Å². The molecule has 30 heavy (non-hydrogen) atoms. The number of piperidine rings is 1. The molecule has 0 aliphatic carbocycles. The van der Waals surface area contributed by atoms with Crippen LogP contribution in [0, 0.1) is 0 Å². The lowest BCUT2D eigenvalue weighted by molar-refractivity contribution is -0.125.